The molecule has 2 bridgehead atoms. The zero-order valence-corrected chi connectivity index (χ0v) is 10.6. The van der Waals surface area contributed by atoms with Crippen LogP contribution >= 0.6 is 0 Å². The maximum atomic E-state index is 13.1. The fraction of sp³-hybridized carbons (Fsp3) is 0.429. The van der Waals surface area contributed by atoms with Gasteiger partial charge < -0.3 is 15.2 Å². The zero-order valence-electron chi connectivity index (χ0n) is 10.6. The van der Waals surface area contributed by atoms with E-state index in [4.69, 9.17) is 4.74 Å². The van der Waals surface area contributed by atoms with Crippen LogP contribution in [0.2, 0.25) is 0 Å². The van der Waals surface area contributed by atoms with Gasteiger partial charge in [-0.25, -0.2) is 4.39 Å². The monoisotopic (exact) mass is 279 g/mol. The number of ether oxygens (including phenoxy) is 1. The highest BCUT2D eigenvalue weighted by molar-refractivity contribution is 5.96. The Bertz CT molecular complexity index is 562. The number of amides is 1. The van der Waals surface area contributed by atoms with E-state index in [1.807, 2.05) is 0 Å². The Morgan fingerprint density at radius 1 is 1.25 bits per heavy atom. The number of aliphatic carboxylic acids is 1. The second-order valence-corrected chi connectivity index (χ2v) is 5.18. The number of nitrogens with one attached hydrogen (secondary N) is 1. The van der Waals surface area contributed by atoms with E-state index < -0.39 is 29.5 Å². The van der Waals surface area contributed by atoms with E-state index in [1.165, 1.54) is 18.2 Å². The highest BCUT2D eigenvalue weighted by Gasteiger charge is 2.55. The minimum Gasteiger partial charge on any atom is -0.481 e. The highest BCUT2D eigenvalue weighted by Crippen LogP contribution is 2.44. The van der Waals surface area contributed by atoms with Gasteiger partial charge in [0.2, 0.25) is 5.91 Å². The van der Waals surface area contributed by atoms with Crippen molar-refractivity contribution in [2.24, 2.45) is 11.8 Å². The van der Waals surface area contributed by atoms with Crippen LogP contribution < -0.4 is 5.32 Å². The number of fused-ring (bicyclic) bond motifs is 2. The van der Waals surface area contributed by atoms with E-state index in [0.717, 1.165) is 0 Å². The van der Waals surface area contributed by atoms with E-state index >= 15 is 0 Å². The molecule has 2 aliphatic heterocycles. The predicted molar refractivity (Wildman–Crippen MR) is 67.5 cm³/mol. The Morgan fingerprint density at radius 3 is 2.60 bits per heavy atom. The molecule has 4 atom stereocenters. The van der Waals surface area contributed by atoms with Crippen LogP contribution in [0, 0.1) is 17.7 Å². The summed E-state index contributed by atoms with van der Waals surface area (Å²) in [7, 11) is 0. The first kappa shape index (κ1) is 13.1. The predicted octanol–water partition coefficient (Wildman–Crippen LogP) is 1.64. The van der Waals surface area contributed by atoms with Crippen LogP contribution in [0.3, 0.4) is 0 Å². The number of carboxylic acids is 1. The minimum atomic E-state index is -1.02. The Labute approximate surface area is 114 Å². The van der Waals surface area contributed by atoms with Crippen LogP contribution in [0.5, 0.6) is 0 Å². The molecule has 106 valence electrons. The van der Waals surface area contributed by atoms with Gasteiger partial charge in [0.25, 0.3) is 0 Å². The summed E-state index contributed by atoms with van der Waals surface area (Å²) in [6, 6.07) is 5.51. The van der Waals surface area contributed by atoms with Crippen molar-refractivity contribution in [1.82, 2.24) is 0 Å². The molecule has 1 aromatic rings. The zero-order chi connectivity index (χ0) is 14.3. The number of carbonyl (C=O) groups is 2. The van der Waals surface area contributed by atoms with Crippen molar-refractivity contribution in [3.63, 3.8) is 0 Å². The van der Waals surface area contributed by atoms with Crippen LogP contribution in [0.4, 0.5) is 10.1 Å². The number of carbonyl (C=O) groups excluding carboxylic acids is 1. The second kappa shape index (κ2) is 4.86. The largest absolute Gasteiger partial charge is 0.481 e. The smallest absolute Gasteiger partial charge is 0.310 e. The molecular weight excluding hydrogens is 265 g/mol. The van der Waals surface area contributed by atoms with E-state index in [9.17, 15) is 19.1 Å². The number of anilines is 1. The molecule has 3 rings (SSSR count). The van der Waals surface area contributed by atoms with Crippen LogP contribution in [0.15, 0.2) is 24.3 Å². The van der Waals surface area contributed by atoms with Crippen molar-refractivity contribution in [3.05, 3.63) is 30.1 Å². The lowest BCUT2D eigenvalue weighted by Crippen LogP contribution is -2.40. The molecule has 1 amide bonds. The summed E-state index contributed by atoms with van der Waals surface area (Å²) in [6.45, 7) is 0. The average Bonchev–Trinajstić information content (AvgIpc) is 2.98. The first-order valence-corrected chi connectivity index (χ1v) is 6.51. The maximum Gasteiger partial charge on any atom is 0.310 e. The third-order valence-electron chi connectivity index (χ3n) is 3.95. The van der Waals surface area contributed by atoms with Gasteiger partial charge in [-0.05, 0) is 31.0 Å². The van der Waals surface area contributed by atoms with Gasteiger partial charge in [-0.1, -0.05) is 6.07 Å². The van der Waals surface area contributed by atoms with E-state index in [1.54, 1.807) is 6.07 Å². The molecule has 2 N–H and O–H groups in total. The molecule has 0 aliphatic carbocycles. The molecule has 2 heterocycles. The van der Waals surface area contributed by atoms with Crippen molar-refractivity contribution in [1.29, 1.82) is 0 Å². The summed E-state index contributed by atoms with van der Waals surface area (Å²) in [5, 5.41) is 11.8. The standard InChI is InChI=1S/C14H14FNO4/c15-7-2-1-3-8(6-7)16-13(17)11-9-4-5-10(20-9)12(11)14(18)19/h1-3,6,9-12H,4-5H2,(H,16,17)(H,18,19)/t9-,10-,11-,12+/m1/s1. The highest BCUT2D eigenvalue weighted by atomic mass is 19.1. The van der Waals surface area contributed by atoms with Crippen molar-refractivity contribution < 1.29 is 23.8 Å². The first-order chi connectivity index (χ1) is 9.56. The molecular formula is C14H14FNO4. The lowest BCUT2D eigenvalue weighted by molar-refractivity contribution is -0.147. The van der Waals surface area contributed by atoms with Gasteiger partial charge in [0.05, 0.1) is 24.0 Å². The molecule has 0 aromatic heterocycles. The van der Waals surface area contributed by atoms with Gasteiger partial charge in [-0.3, -0.25) is 9.59 Å². The molecule has 0 spiro atoms. The molecule has 20 heavy (non-hydrogen) atoms. The first-order valence-electron chi connectivity index (χ1n) is 6.51. The van der Waals surface area contributed by atoms with Crippen molar-refractivity contribution >= 4 is 17.6 Å². The summed E-state index contributed by atoms with van der Waals surface area (Å²) in [5.74, 6) is -3.43. The van der Waals surface area contributed by atoms with Gasteiger partial charge in [0.15, 0.2) is 0 Å². The van der Waals surface area contributed by atoms with Crippen LogP contribution in [0.25, 0.3) is 0 Å². The Morgan fingerprint density at radius 2 is 1.95 bits per heavy atom. The Kier molecular flexibility index (Phi) is 3.17. The number of rotatable bonds is 3. The molecule has 2 saturated heterocycles. The van der Waals surface area contributed by atoms with Crippen LogP contribution in [0.1, 0.15) is 12.8 Å². The summed E-state index contributed by atoms with van der Waals surface area (Å²) in [6.07, 6.45) is 0.622. The quantitative estimate of drug-likeness (QED) is 0.882. The molecule has 0 saturated carbocycles. The topological polar surface area (TPSA) is 75.6 Å². The number of hydrogen-bond acceptors (Lipinski definition) is 3. The van der Waals surface area contributed by atoms with E-state index in [2.05, 4.69) is 5.32 Å². The van der Waals surface area contributed by atoms with Crippen LogP contribution in [-0.4, -0.2) is 29.2 Å². The fourth-order valence-electron chi connectivity index (χ4n) is 3.12. The molecule has 5 nitrogen and oxygen atoms in total. The molecule has 0 unspecified atom stereocenters. The minimum absolute atomic E-state index is 0.321. The number of carboxylic acid groups (broad SMARTS) is 1. The third kappa shape index (κ3) is 2.16. The Balaban J connectivity index is 1.78. The van der Waals surface area contributed by atoms with Crippen molar-refractivity contribution in [3.8, 4) is 0 Å². The lowest BCUT2D eigenvalue weighted by atomic mass is 9.78. The Hall–Kier alpha value is -1.95. The molecule has 2 fully saturated rings. The van der Waals surface area contributed by atoms with Gasteiger partial charge in [-0.2, -0.15) is 0 Å². The molecule has 6 heteroatoms. The summed E-state index contributed by atoms with van der Waals surface area (Å²) in [4.78, 5) is 23.5. The van der Waals surface area contributed by atoms with Crippen molar-refractivity contribution in [2.45, 2.75) is 25.0 Å². The van der Waals surface area contributed by atoms with Gasteiger partial charge in [0.1, 0.15) is 5.82 Å². The van der Waals surface area contributed by atoms with Gasteiger partial charge >= 0.3 is 5.97 Å². The number of hydrogen-bond donors (Lipinski definition) is 2. The normalized spacial score (nSPS) is 31.2. The van der Waals surface area contributed by atoms with Gasteiger partial charge in [-0.15, -0.1) is 0 Å². The van der Waals surface area contributed by atoms with Crippen LogP contribution in [-0.2, 0) is 14.3 Å². The van der Waals surface area contributed by atoms with E-state index in [-0.39, 0.29) is 12.2 Å². The molecule has 2 aliphatic rings. The average molecular weight is 279 g/mol. The van der Waals surface area contributed by atoms with Gasteiger partial charge in [0, 0.05) is 5.69 Å². The summed E-state index contributed by atoms with van der Waals surface area (Å²) in [5.41, 5.74) is 0.321. The second-order valence-electron chi connectivity index (χ2n) is 5.18. The number of halogens is 1. The fourth-order valence-corrected chi connectivity index (χ4v) is 3.12. The molecule has 0 radical (unpaired) electrons. The van der Waals surface area contributed by atoms with Crippen molar-refractivity contribution in [2.75, 3.05) is 5.32 Å². The SMILES string of the molecule is O=C(O)[C@@H]1[C@H](C(=O)Nc2cccc(F)c2)[C@H]2CC[C@H]1O2. The lowest BCUT2D eigenvalue weighted by Gasteiger charge is -2.23. The molecule has 1 aromatic carbocycles. The summed E-state index contributed by atoms with van der Waals surface area (Å²) < 4.78 is 18.6. The maximum absolute atomic E-state index is 13.1. The third-order valence-corrected chi connectivity index (χ3v) is 3.95. The number of benzene rings is 1. The van der Waals surface area contributed by atoms with E-state index in [0.29, 0.717) is 18.5 Å². The summed E-state index contributed by atoms with van der Waals surface area (Å²) >= 11 is 0.